The summed E-state index contributed by atoms with van der Waals surface area (Å²) in [7, 11) is 0. The number of carboxylic acid groups (broad SMARTS) is 1. The number of hydrogen-bond acceptors (Lipinski definition) is 8. The topological polar surface area (TPSA) is 95.3 Å². The molecule has 0 radical (unpaired) electrons. The second kappa shape index (κ2) is 6.00. The van der Waals surface area contributed by atoms with Crippen molar-refractivity contribution in [1.82, 2.24) is 19.9 Å². The van der Waals surface area contributed by atoms with E-state index in [-0.39, 0.29) is 5.69 Å². The first-order valence-corrected chi connectivity index (χ1v) is 8.35. The lowest BCUT2D eigenvalue weighted by atomic mass is 10.3. The summed E-state index contributed by atoms with van der Waals surface area (Å²) in [6, 6.07) is 3.44. The summed E-state index contributed by atoms with van der Waals surface area (Å²) in [6.45, 7) is 2.95. The van der Waals surface area contributed by atoms with Crippen molar-refractivity contribution in [2.45, 2.75) is 0 Å². The molecule has 0 unspecified atom stereocenters. The SMILES string of the molecule is O=C(O)c1ccnc(N2CCN(c3ncnc4sccc34)CC2)n1. The van der Waals surface area contributed by atoms with E-state index < -0.39 is 5.97 Å². The Hall–Kier alpha value is -2.81. The van der Waals surface area contributed by atoms with E-state index in [0.717, 1.165) is 29.1 Å². The van der Waals surface area contributed by atoms with Crippen molar-refractivity contribution in [3.8, 4) is 0 Å². The van der Waals surface area contributed by atoms with Gasteiger partial charge >= 0.3 is 5.97 Å². The Labute approximate surface area is 141 Å². The minimum Gasteiger partial charge on any atom is -0.477 e. The molecule has 3 aromatic rings. The van der Waals surface area contributed by atoms with E-state index in [9.17, 15) is 4.79 Å². The molecule has 1 fully saturated rings. The molecule has 24 heavy (non-hydrogen) atoms. The molecule has 1 saturated heterocycles. The summed E-state index contributed by atoms with van der Waals surface area (Å²) in [4.78, 5) is 33.3. The first kappa shape index (κ1) is 14.8. The maximum absolute atomic E-state index is 11.0. The van der Waals surface area contributed by atoms with E-state index >= 15 is 0 Å². The van der Waals surface area contributed by atoms with E-state index in [1.165, 1.54) is 12.3 Å². The Morgan fingerprint density at radius 1 is 1.08 bits per heavy atom. The van der Waals surface area contributed by atoms with Gasteiger partial charge in [0, 0.05) is 32.4 Å². The van der Waals surface area contributed by atoms with Gasteiger partial charge in [0.1, 0.15) is 17.0 Å². The van der Waals surface area contributed by atoms with Gasteiger partial charge in [0.05, 0.1) is 5.39 Å². The number of rotatable bonds is 3. The van der Waals surface area contributed by atoms with E-state index in [4.69, 9.17) is 5.11 Å². The third-order valence-electron chi connectivity index (χ3n) is 3.96. The Morgan fingerprint density at radius 3 is 2.67 bits per heavy atom. The highest BCUT2D eigenvalue weighted by atomic mass is 32.1. The van der Waals surface area contributed by atoms with E-state index in [1.807, 2.05) is 16.3 Å². The molecule has 0 spiro atoms. The standard InChI is InChI=1S/C15H14N6O2S/c22-14(23)11-1-3-16-15(19-11)21-6-4-20(5-7-21)12-10-2-8-24-13(10)18-9-17-12/h1-3,8-9H,4-7H2,(H,22,23). The predicted octanol–water partition coefficient (Wildman–Crippen LogP) is 1.51. The maximum Gasteiger partial charge on any atom is 0.354 e. The van der Waals surface area contributed by atoms with Crippen LogP contribution in [-0.2, 0) is 0 Å². The molecular weight excluding hydrogens is 328 g/mol. The number of hydrogen-bond donors (Lipinski definition) is 1. The zero-order valence-electron chi connectivity index (χ0n) is 12.7. The zero-order valence-corrected chi connectivity index (χ0v) is 13.5. The molecule has 122 valence electrons. The number of piperazine rings is 1. The summed E-state index contributed by atoms with van der Waals surface area (Å²) >= 11 is 1.60. The van der Waals surface area contributed by atoms with Gasteiger partial charge in [0.25, 0.3) is 0 Å². The Morgan fingerprint density at radius 2 is 1.88 bits per heavy atom. The highest BCUT2D eigenvalue weighted by Gasteiger charge is 2.22. The number of fused-ring (bicyclic) bond motifs is 1. The average molecular weight is 342 g/mol. The van der Waals surface area contributed by atoms with Crippen molar-refractivity contribution in [2.75, 3.05) is 36.0 Å². The molecule has 8 nitrogen and oxygen atoms in total. The van der Waals surface area contributed by atoms with Crippen LogP contribution in [0.5, 0.6) is 0 Å². The summed E-state index contributed by atoms with van der Waals surface area (Å²) in [5.41, 5.74) is 0.0122. The van der Waals surface area contributed by atoms with Crippen LogP contribution in [-0.4, -0.2) is 57.2 Å². The Bertz CT molecular complexity index is 890. The second-order valence-corrected chi connectivity index (χ2v) is 6.25. The van der Waals surface area contributed by atoms with Crippen LogP contribution in [0.3, 0.4) is 0 Å². The van der Waals surface area contributed by atoms with Crippen molar-refractivity contribution in [1.29, 1.82) is 0 Å². The summed E-state index contributed by atoms with van der Waals surface area (Å²) in [5, 5.41) is 12.1. The molecule has 4 heterocycles. The average Bonchev–Trinajstić information content (AvgIpc) is 3.11. The minimum atomic E-state index is -1.04. The largest absolute Gasteiger partial charge is 0.477 e. The van der Waals surface area contributed by atoms with Crippen molar-refractivity contribution in [3.05, 3.63) is 35.7 Å². The number of nitrogens with zero attached hydrogens (tertiary/aromatic N) is 6. The molecule has 4 rings (SSSR count). The monoisotopic (exact) mass is 342 g/mol. The first-order valence-electron chi connectivity index (χ1n) is 7.47. The van der Waals surface area contributed by atoms with Crippen molar-refractivity contribution >= 4 is 39.3 Å². The van der Waals surface area contributed by atoms with E-state index in [0.29, 0.717) is 19.0 Å². The molecule has 0 amide bonds. The normalized spacial score (nSPS) is 15.0. The summed E-state index contributed by atoms with van der Waals surface area (Å²) in [6.07, 6.45) is 3.08. The van der Waals surface area contributed by atoms with Gasteiger partial charge in [-0.2, -0.15) is 0 Å². The van der Waals surface area contributed by atoms with E-state index in [1.54, 1.807) is 17.7 Å². The van der Waals surface area contributed by atoms with Crippen molar-refractivity contribution in [3.63, 3.8) is 0 Å². The van der Waals surface area contributed by atoms with Crippen LogP contribution in [0, 0.1) is 0 Å². The lowest BCUT2D eigenvalue weighted by molar-refractivity contribution is 0.0690. The molecule has 0 bridgehead atoms. The number of carboxylic acids is 1. The van der Waals surface area contributed by atoms with Gasteiger partial charge in [-0.3, -0.25) is 0 Å². The number of anilines is 2. The summed E-state index contributed by atoms with van der Waals surface area (Å²) in [5.74, 6) is 0.358. The third-order valence-corrected chi connectivity index (χ3v) is 4.79. The predicted molar refractivity (Wildman–Crippen MR) is 90.8 cm³/mol. The van der Waals surface area contributed by atoms with Crippen LogP contribution in [0.1, 0.15) is 10.5 Å². The minimum absolute atomic E-state index is 0.0122. The fourth-order valence-electron chi connectivity index (χ4n) is 2.77. The fraction of sp³-hybridized carbons (Fsp3) is 0.267. The van der Waals surface area contributed by atoms with Gasteiger partial charge in [-0.05, 0) is 17.5 Å². The Kier molecular flexibility index (Phi) is 3.69. The van der Waals surface area contributed by atoms with Gasteiger partial charge in [0.15, 0.2) is 5.69 Å². The zero-order chi connectivity index (χ0) is 16.5. The van der Waals surface area contributed by atoms with Crippen LogP contribution < -0.4 is 9.80 Å². The van der Waals surface area contributed by atoms with E-state index in [2.05, 4.69) is 24.8 Å². The summed E-state index contributed by atoms with van der Waals surface area (Å²) < 4.78 is 0. The van der Waals surface area contributed by atoms with Crippen LogP contribution >= 0.6 is 11.3 Å². The molecular formula is C15H14N6O2S. The number of thiophene rings is 1. The van der Waals surface area contributed by atoms with Gasteiger partial charge in [-0.1, -0.05) is 0 Å². The van der Waals surface area contributed by atoms with Crippen molar-refractivity contribution in [2.24, 2.45) is 0 Å². The maximum atomic E-state index is 11.0. The number of aromatic nitrogens is 4. The van der Waals surface area contributed by atoms with Crippen LogP contribution in [0.15, 0.2) is 30.0 Å². The highest BCUT2D eigenvalue weighted by molar-refractivity contribution is 7.16. The molecule has 0 aromatic carbocycles. The highest BCUT2D eigenvalue weighted by Crippen LogP contribution is 2.27. The molecule has 0 atom stereocenters. The third kappa shape index (κ3) is 2.62. The van der Waals surface area contributed by atoms with Crippen molar-refractivity contribution < 1.29 is 9.90 Å². The molecule has 0 aliphatic carbocycles. The van der Waals surface area contributed by atoms with Crippen LogP contribution in [0.2, 0.25) is 0 Å². The van der Waals surface area contributed by atoms with Gasteiger partial charge in [-0.15, -0.1) is 11.3 Å². The molecule has 1 N–H and O–H groups in total. The smallest absolute Gasteiger partial charge is 0.354 e. The number of aromatic carboxylic acids is 1. The Balaban J connectivity index is 1.52. The molecule has 1 aliphatic heterocycles. The molecule has 9 heteroatoms. The number of carbonyl (C=O) groups is 1. The quantitative estimate of drug-likeness (QED) is 0.765. The molecule has 0 saturated carbocycles. The molecule has 1 aliphatic rings. The van der Waals surface area contributed by atoms with Gasteiger partial charge in [0.2, 0.25) is 5.95 Å². The van der Waals surface area contributed by atoms with Gasteiger partial charge < -0.3 is 14.9 Å². The van der Waals surface area contributed by atoms with Crippen LogP contribution in [0.4, 0.5) is 11.8 Å². The lowest BCUT2D eigenvalue weighted by Gasteiger charge is -2.35. The van der Waals surface area contributed by atoms with Gasteiger partial charge in [-0.25, -0.2) is 24.7 Å². The lowest BCUT2D eigenvalue weighted by Crippen LogP contribution is -2.47. The first-order chi connectivity index (χ1) is 11.7. The molecule has 3 aromatic heterocycles. The second-order valence-electron chi connectivity index (χ2n) is 5.36. The van der Waals surface area contributed by atoms with Crippen LogP contribution in [0.25, 0.3) is 10.2 Å². The fourth-order valence-corrected chi connectivity index (χ4v) is 3.49.